The van der Waals surface area contributed by atoms with Gasteiger partial charge in [-0.25, -0.2) is 13.2 Å². The molecule has 3 heterocycles. The van der Waals surface area contributed by atoms with Crippen molar-refractivity contribution in [3.8, 4) is 17.0 Å². The lowest BCUT2D eigenvalue weighted by atomic mass is 10.1. The standard InChI is InChI=1S/C24H32IN5O5S/c1-5-10-30-22-19(25)20(26-21(22)23(31)28(4)24(30)32)17-15-16(8-9-18(17)35-6-2)36(33,34)29-12-7-11-27(3)13-14-29/h8-9,15,26H,5-7,10-14H2,1-4H3. The molecule has 10 nitrogen and oxygen atoms in total. The largest absolute Gasteiger partial charge is 0.493 e. The Morgan fingerprint density at radius 3 is 2.53 bits per heavy atom. The molecule has 1 fully saturated rings. The number of nitrogens with one attached hydrogen (secondary N) is 1. The summed E-state index contributed by atoms with van der Waals surface area (Å²) >= 11 is 2.12. The number of rotatable bonds is 7. The Morgan fingerprint density at radius 1 is 1.08 bits per heavy atom. The predicted molar refractivity (Wildman–Crippen MR) is 148 cm³/mol. The number of H-pyrrole nitrogens is 1. The number of sulfonamides is 1. The molecule has 0 amide bonds. The molecule has 1 saturated heterocycles. The zero-order chi connectivity index (χ0) is 26.2. The van der Waals surface area contributed by atoms with Crippen LogP contribution >= 0.6 is 22.6 Å². The molecule has 2 aromatic heterocycles. The first-order valence-corrected chi connectivity index (χ1v) is 14.6. The highest BCUT2D eigenvalue weighted by Gasteiger charge is 2.28. The monoisotopic (exact) mass is 629 g/mol. The van der Waals surface area contributed by atoms with E-state index in [0.717, 1.165) is 17.5 Å². The zero-order valence-corrected chi connectivity index (χ0v) is 24.0. The van der Waals surface area contributed by atoms with Crippen molar-refractivity contribution in [1.29, 1.82) is 0 Å². The van der Waals surface area contributed by atoms with E-state index < -0.39 is 15.6 Å². The van der Waals surface area contributed by atoms with Crippen molar-refractivity contribution in [2.24, 2.45) is 7.05 Å². The molecule has 0 radical (unpaired) electrons. The summed E-state index contributed by atoms with van der Waals surface area (Å²) in [5, 5.41) is 0. The summed E-state index contributed by atoms with van der Waals surface area (Å²) in [6.45, 7) is 7.05. The summed E-state index contributed by atoms with van der Waals surface area (Å²) in [7, 11) is -0.288. The van der Waals surface area contributed by atoms with E-state index in [-0.39, 0.29) is 10.6 Å². The van der Waals surface area contributed by atoms with Crippen molar-refractivity contribution < 1.29 is 13.2 Å². The van der Waals surface area contributed by atoms with Crippen LogP contribution in [-0.4, -0.2) is 71.6 Å². The number of likely N-dealkylation sites (N-methyl/N-ethyl adjacent to an activating group) is 1. The number of hydrogen-bond acceptors (Lipinski definition) is 6. The number of hydrogen-bond donors (Lipinski definition) is 1. The number of nitrogens with zero attached hydrogens (tertiary/aromatic N) is 4. The lowest BCUT2D eigenvalue weighted by Crippen LogP contribution is -2.38. The van der Waals surface area contributed by atoms with Crippen LogP contribution in [0.15, 0.2) is 32.7 Å². The quantitative estimate of drug-likeness (QED) is 0.403. The third kappa shape index (κ3) is 4.75. The summed E-state index contributed by atoms with van der Waals surface area (Å²) in [5.41, 5.74) is 1.09. The van der Waals surface area contributed by atoms with E-state index in [1.807, 2.05) is 20.9 Å². The Hall–Kier alpha value is -2.16. The average Bonchev–Trinajstić information content (AvgIpc) is 3.03. The first-order chi connectivity index (χ1) is 17.1. The van der Waals surface area contributed by atoms with E-state index in [0.29, 0.717) is 70.8 Å². The fourth-order valence-corrected chi connectivity index (χ4v) is 7.06. The number of aromatic nitrogens is 3. The van der Waals surface area contributed by atoms with Crippen LogP contribution in [0.1, 0.15) is 26.7 Å². The fourth-order valence-electron chi connectivity index (χ4n) is 4.58. The van der Waals surface area contributed by atoms with Crippen LogP contribution < -0.4 is 16.0 Å². The van der Waals surface area contributed by atoms with Gasteiger partial charge in [0.05, 0.1) is 26.3 Å². The molecule has 0 saturated carbocycles. The molecule has 196 valence electrons. The summed E-state index contributed by atoms with van der Waals surface area (Å²) in [4.78, 5) is 31.3. The van der Waals surface area contributed by atoms with Crippen LogP contribution in [0.5, 0.6) is 5.75 Å². The highest BCUT2D eigenvalue weighted by atomic mass is 127. The second kappa shape index (κ2) is 10.7. The molecule has 1 aliphatic rings. The van der Waals surface area contributed by atoms with Crippen molar-refractivity contribution >= 4 is 43.6 Å². The van der Waals surface area contributed by atoms with Crippen molar-refractivity contribution in [3.63, 3.8) is 0 Å². The normalized spacial score (nSPS) is 15.9. The number of ether oxygens (including phenoxy) is 1. The molecule has 1 N–H and O–H groups in total. The molecule has 12 heteroatoms. The molecular formula is C24H32IN5O5S. The summed E-state index contributed by atoms with van der Waals surface area (Å²) < 4.78 is 37.9. The maximum Gasteiger partial charge on any atom is 0.331 e. The lowest BCUT2D eigenvalue weighted by Gasteiger charge is -2.21. The minimum atomic E-state index is -3.74. The zero-order valence-electron chi connectivity index (χ0n) is 21.0. The molecular weight excluding hydrogens is 597 g/mol. The van der Waals surface area contributed by atoms with E-state index in [4.69, 9.17) is 4.74 Å². The van der Waals surface area contributed by atoms with Gasteiger partial charge in [-0.05, 0) is 74.1 Å². The summed E-state index contributed by atoms with van der Waals surface area (Å²) in [5.74, 6) is 0.498. The number of halogens is 1. The minimum Gasteiger partial charge on any atom is -0.493 e. The van der Waals surface area contributed by atoms with Gasteiger partial charge < -0.3 is 14.6 Å². The molecule has 3 aromatic rings. The van der Waals surface area contributed by atoms with Crippen LogP contribution in [0.4, 0.5) is 0 Å². The van der Waals surface area contributed by atoms with Gasteiger partial charge in [-0.15, -0.1) is 0 Å². The molecule has 0 bridgehead atoms. The highest BCUT2D eigenvalue weighted by molar-refractivity contribution is 14.1. The Bertz CT molecular complexity index is 1510. The van der Waals surface area contributed by atoms with E-state index >= 15 is 0 Å². The highest BCUT2D eigenvalue weighted by Crippen LogP contribution is 2.37. The van der Waals surface area contributed by atoms with Crippen LogP contribution in [-0.2, 0) is 23.6 Å². The third-order valence-corrected chi connectivity index (χ3v) is 9.45. The van der Waals surface area contributed by atoms with Crippen LogP contribution in [0.2, 0.25) is 0 Å². The summed E-state index contributed by atoms with van der Waals surface area (Å²) in [6, 6.07) is 4.84. The van der Waals surface area contributed by atoms with Crippen LogP contribution in [0.3, 0.4) is 0 Å². The number of fused-ring (bicyclic) bond motifs is 1. The smallest absolute Gasteiger partial charge is 0.331 e. The first kappa shape index (κ1) is 26.9. The second-order valence-corrected chi connectivity index (χ2v) is 12.0. The van der Waals surface area contributed by atoms with Gasteiger partial charge in [-0.3, -0.25) is 13.9 Å². The maximum atomic E-state index is 13.6. The molecule has 1 aromatic carbocycles. The molecule has 1 aliphatic heterocycles. The van der Waals surface area contributed by atoms with Crippen molar-refractivity contribution in [2.45, 2.75) is 38.1 Å². The van der Waals surface area contributed by atoms with Crippen molar-refractivity contribution in [2.75, 3.05) is 39.8 Å². The number of aryl methyl sites for hydroxylation is 1. The Balaban J connectivity index is 1.93. The summed E-state index contributed by atoms with van der Waals surface area (Å²) in [6.07, 6.45) is 1.48. The first-order valence-electron chi connectivity index (χ1n) is 12.1. The van der Waals surface area contributed by atoms with Gasteiger partial charge in [0.2, 0.25) is 10.0 Å². The van der Waals surface area contributed by atoms with E-state index in [2.05, 4.69) is 32.5 Å². The molecule has 4 rings (SSSR count). The van der Waals surface area contributed by atoms with Gasteiger partial charge in [0, 0.05) is 38.8 Å². The number of benzene rings is 1. The van der Waals surface area contributed by atoms with E-state index in [1.54, 1.807) is 22.8 Å². The third-order valence-electron chi connectivity index (χ3n) is 6.50. The topological polar surface area (TPSA) is 110 Å². The number of aromatic amines is 1. The van der Waals surface area contributed by atoms with Crippen LogP contribution in [0.25, 0.3) is 22.3 Å². The second-order valence-electron chi connectivity index (χ2n) is 8.99. The Labute approximate surface area is 224 Å². The van der Waals surface area contributed by atoms with Gasteiger partial charge in [0.25, 0.3) is 5.56 Å². The van der Waals surface area contributed by atoms with Gasteiger partial charge in [0.15, 0.2) is 0 Å². The van der Waals surface area contributed by atoms with Crippen molar-refractivity contribution in [3.05, 3.63) is 42.6 Å². The maximum absolute atomic E-state index is 13.6. The van der Waals surface area contributed by atoms with Crippen LogP contribution in [0, 0.1) is 3.57 Å². The Kier molecular flexibility index (Phi) is 7.98. The van der Waals surface area contributed by atoms with Gasteiger partial charge in [-0.1, -0.05) is 6.92 Å². The predicted octanol–water partition coefficient (Wildman–Crippen LogP) is 2.43. The molecule has 0 aliphatic carbocycles. The minimum absolute atomic E-state index is 0.166. The lowest BCUT2D eigenvalue weighted by molar-refractivity contribution is 0.341. The SMILES string of the molecule is CCCn1c(=O)n(C)c(=O)c2[nH]c(-c3cc(S(=O)(=O)N4CCCN(C)CC4)ccc3OCC)c(I)c21. The molecule has 0 atom stereocenters. The Morgan fingerprint density at radius 2 is 1.83 bits per heavy atom. The molecule has 0 unspecified atom stereocenters. The fraction of sp³-hybridized carbons (Fsp3) is 0.500. The van der Waals surface area contributed by atoms with Gasteiger partial charge >= 0.3 is 5.69 Å². The average molecular weight is 630 g/mol. The molecule has 0 spiro atoms. The van der Waals surface area contributed by atoms with Gasteiger partial charge in [-0.2, -0.15) is 4.31 Å². The van der Waals surface area contributed by atoms with Crippen molar-refractivity contribution in [1.82, 2.24) is 23.3 Å². The molecule has 36 heavy (non-hydrogen) atoms. The van der Waals surface area contributed by atoms with Gasteiger partial charge in [0.1, 0.15) is 11.3 Å². The van der Waals surface area contributed by atoms with E-state index in [9.17, 15) is 18.0 Å². The van der Waals surface area contributed by atoms with E-state index in [1.165, 1.54) is 11.4 Å².